The Morgan fingerprint density at radius 3 is 2.18 bits per heavy atom. The predicted molar refractivity (Wildman–Crippen MR) is 86.0 cm³/mol. The molecule has 0 aliphatic rings. The molecule has 2 aromatic rings. The number of halogens is 2. The zero-order chi connectivity index (χ0) is 16.1. The number of hydrogen-bond donors (Lipinski definition) is 1. The average molecular weight is 338 g/mol. The van der Waals surface area contributed by atoms with Gasteiger partial charge in [0.1, 0.15) is 0 Å². The lowest BCUT2D eigenvalue weighted by Crippen LogP contribution is -2.25. The first-order valence-electron chi connectivity index (χ1n) is 6.45. The van der Waals surface area contributed by atoms with Gasteiger partial charge in [0.25, 0.3) is 5.91 Å². The highest BCUT2D eigenvalue weighted by molar-refractivity contribution is 6.35. The first-order valence-corrected chi connectivity index (χ1v) is 7.20. The van der Waals surface area contributed by atoms with Gasteiger partial charge in [-0.2, -0.15) is 0 Å². The molecule has 1 N–H and O–H groups in total. The standard InChI is InChI=1S/C16H13Cl2NO3/c1-10(20)22-15(11-5-3-2-4-6-11)16(21)19-14-8-12(17)7-13(18)9-14/h2-9,15H,1H3,(H,19,21). The lowest BCUT2D eigenvalue weighted by molar-refractivity contribution is -0.152. The van der Waals surface area contributed by atoms with Gasteiger partial charge in [0.05, 0.1) is 0 Å². The molecule has 0 heterocycles. The smallest absolute Gasteiger partial charge is 0.303 e. The van der Waals surface area contributed by atoms with Crippen LogP contribution >= 0.6 is 23.2 Å². The van der Waals surface area contributed by atoms with Gasteiger partial charge in [-0.15, -0.1) is 0 Å². The van der Waals surface area contributed by atoms with Crippen molar-refractivity contribution in [2.24, 2.45) is 0 Å². The minimum absolute atomic E-state index is 0.395. The van der Waals surface area contributed by atoms with Crippen LogP contribution in [0.25, 0.3) is 0 Å². The van der Waals surface area contributed by atoms with Crippen molar-refractivity contribution >= 4 is 40.8 Å². The third-order valence-electron chi connectivity index (χ3n) is 2.75. The van der Waals surface area contributed by atoms with E-state index >= 15 is 0 Å². The average Bonchev–Trinajstić information content (AvgIpc) is 2.44. The molecule has 0 saturated heterocycles. The maximum atomic E-state index is 12.4. The van der Waals surface area contributed by atoms with Gasteiger partial charge < -0.3 is 10.1 Å². The van der Waals surface area contributed by atoms with Crippen molar-refractivity contribution < 1.29 is 14.3 Å². The fraction of sp³-hybridized carbons (Fsp3) is 0.125. The summed E-state index contributed by atoms with van der Waals surface area (Å²) in [6, 6.07) is 13.4. The fourth-order valence-electron chi connectivity index (χ4n) is 1.90. The zero-order valence-electron chi connectivity index (χ0n) is 11.7. The van der Waals surface area contributed by atoms with E-state index in [1.807, 2.05) is 6.07 Å². The lowest BCUT2D eigenvalue weighted by Gasteiger charge is -2.17. The van der Waals surface area contributed by atoms with Crippen molar-refractivity contribution in [3.8, 4) is 0 Å². The lowest BCUT2D eigenvalue weighted by atomic mass is 10.1. The number of carbonyl (C=O) groups excluding carboxylic acids is 2. The van der Waals surface area contributed by atoms with Crippen LogP contribution in [0.5, 0.6) is 0 Å². The van der Waals surface area contributed by atoms with Gasteiger partial charge in [0.2, 0.25) is 6.10 Å². The van der Waals surface area contributed by atoms with Crippen LogP contribution in [0.1, 0.15) is 18.6 Å². The second-order valence-electron chi connectivity index (χ2n) is 4.55. The molecule has 114 valence electrons. The molecular formula is C16H13Cl2NO3. The van der Waals surface area contributed by atoms with Crippen molar-refractivity contribution in [1.29, 1.82) is 0 Å². The minimum Gasteiger partial charge on any atom is -0.447 e. The third-order valence-corrected chi connectivity index (χ3v) is 3.19. The molecule has 1 atom stereocenters. The zero-order valence-corrected chi connectivity index (χ0v) is 13.2. The molecule has 0 spiro atoms. The highest BCUT2D eigenvalue weighted by atomic mass is 35.5. The van der Waals surface area contributed by atoms with Gasteiger partial charge in [-0.1, -0.05) is 53.5 Å². The highest BCUT2D eigenvalue weighted by Crippen LogP contribution is 2.25. The number of amides is 1. The van der Waals surface area contributed by atoms with Crippen LogP contribution in [-0.2, 0) is 14.3 Å². The van der Waals surface area contributed by atoms with Crippen LogP contribution in [0.15, 0.2) is 48.5 Å². The summed E-state index contributed by atoms with van der Waals surface area (Å²) in [4.78, 5) is 23.6. The van der Waals surface area contributed by atoms with E-state index in [4.69, 9.17) is 27.9 Å². The summed E-state index contributed by atoms with van der Waals surface area (Å²) < 4.78 is 5.11. The Labute approximate surface area is 138 Å². The van der Waals surface area contributed by atoms with Crippen molar-refractivity contribution in [3.05, 3.63) is 64.1 Å². The van der Waals surface area contributed by atoms with Gasteiger partial charge in [0.15, 0.2) is 0 Å². The molecule has 2 rings (SSSR count). The number of nitrogens with one attached hydrogen (secondary N) is 1. The van der Waals surface area contributed by atoms with Gasteiger partial charge in [-0.25, -0.2) is 0 Å². The number of hydrogen-bond acceptors (Lipinski definition) is 3. The van der Waals surface area contributed by atoms with E-state index in [2.05, 4.69) is 5.32 Å². The Kier molecular flexibility index (Phi) is 5.41. The van der Waals surface area contributed by atoms with Crippen LogP contribution in [0.3, 0.4) is 0 Å². The van der Waals surface area contributed by atoms with E-state index in [0.717, 1.165) is 0 Å². The van der Waals surface area contributed by atoms with Crippen molar-refractivity contribution in [2.45, 2.75) is 13.0 Å². The van der Waals surface area contributed by atoms with Crippen LogP contribution in [-0.4, -0.2) is 11.9 Å². The van der Waals surface area contributed by atoms with E-state index in [-0.39, 0.29) is 0 Å². The monoisotopic (exact) mass is 337 g/mol. The van der Waals surface area contributed by atoms with Gasteiger partial charge in [0, 0.05) is 28.2 Å². The quantitative estimate of drug-likeness (QED) is 0.849. The second-order valence-corrected chi connectivity index (χ2v) is 5.42. The van der Waals surface area contributed by atoms with Gasteiger partial charge >= 0.3 is 5.97 Å². The van der Waals surface area contributed by atoms with E-state index < -0.39 is 18.0 Å². The molecule has 0 aliphatic heterocycles. The fourth-order valence-corrected chi connectivity index (χ4v) is 2.43. The molecule has 2 aromatic carbocycles. The van der Waals surface area contributed by atoms with Crippen LogP contribution in [0.4, 0.5) is 5.69 Å². The summed E-state index contributed by atoms with van der Waals surface area (Å²) in [7, 11) is 0. The molecule has 0 aliphatic carbocycles. The predicted octanol–water partition coefficient (Wildman–Crippen LogP) is 4.24. The second kappa shape index (κ2) is 7.29. The molecule has 0 saturated carbocycles. The molecular weight excluding hydrogens is 325 g/mol. The molecule has 0 radical (unpaired) electrons. The Balaban J connectivity index is 2.24. The van der Waals surface area contributed by atoms with E-state index in [9.17, 15) is 9.59 Å². The van der Waals surface area contributed by atoms with Crippen molar-refractivity contribution in [3.63, 3.8) is 0 Å². The minimum atomic E-state index is -1.04. The van der Waals surface area contributed by atoms with Crippen LogP contribution in [0.2, 0.25) is 10.0 Å². The highest BCUT2D eigenvalue weighted by Gasteiger charge is 2.23. The molecule has 1 unspecified atom stereocenters. The molecule has 1 amide bonds. The summed E-state index contributed by atoms with van der Waals surface area (Å²) in [5, 5.41) is 3.43. The Bertz CT molecular complexity index is 669. The van der Waals surface area contributed by atoms with Gasteiger partial charge in [-0.05, 0) is 18.2 Å². The van der Waals surface area contributed by atoms with Crippen molar-refractivity contribution in [2.75, 3.05) is 5.32 Å². The number of esters is 1. The summed E-state index contributed by atoms with van der Waals surface area (Å²) in [6.45, 7) is 1.25. The van der Waals surface area contributed by atoms with E-state index in [1.54, 1.807) is 42.5 Å². The van der Waals surface area contributed by atoms with Gasteiger partial charge in [-0.3, -0.25) is 9.59 Å². The number of ether oxygens (including phenoxy) is 1. The largest absolute Gasteiger partial charge is 0.447 e. The number of benzene rings is 2. The maximum Gasteiger partial charge on any atom is 0.303 e. The molecule has 0 bridgehead atoms. The first-order chi connectivity index (χ1) is 10.5. The number of anilines is 1. The molecule has 0 fully saturated rings. The number of rotatable bonds is 4. The normalized spacial score (nSPS) is 11.6. The summed E-state index contributed by atoms with van der Waals surface area (Å²) in [5.74, 6) is -1.03. The Hall–Kier alpha value is -2.04. The Morgan fingerprint density at radius 2 is 1.64 bits per heavy atom. The molecule has 6 heteroatoms. The maximum absolute atomic E-state index is 12.4. The molecule has 0 aromatic heterocycles. The molecule has 4 nitrogen and oxygen atoms in total. The van der Waals surface area contributed by atoms with Crippen molar-refractivity contribution in [1.82, 2.24) is 0 Å². The van der Waals surface area contributed by atoms with E-state index in [1.165, 1.54) is 6.92 Å². The topological polar surface area (TPSA) is 55.4 Å². The molecule has 22 heavy (non-hydrogen) atoms. The summed E-state index contributed by atoms with van der Waals surface area (Å²) in [6.07, 6.45) is -1.04. The van der Waals surface area contributed by atoms with Crippen LogP contribution in [0, 0.1) is 0 Å². The van der Waals surface area contributed by atoms with E-state index in [0.29, 0.717) is 21.3 Å². The third kappa shape index (κ3) is 4.48. The summed E-state index contributed by atoms with van der Waals surface area (Å²) in [5.41, 5.74) is 0.999. The summed E-state index contributed by atoms with van der Waals surface area (Å²) >= 11 is 11.8. The van der Waals surface area contributed by atoms with Crippen LogP contribution < -0.4 is 5.32 Å². The number of carbonyl (C=O) groups is 2. The Morgan fingerprint density at radius 1 is 1.05 bits per heavy atom. The SMILES string of the molecule is CC(=O)OC(C(=O)Nc1cc(Cl)cc(Cl)c1)c1ccccc1. The first kappa shape index (κ1) is 16.3.